The van der Waals surface area contributed by atoms with Gasteiger partial charge in [0.2, 0.25) is 17.6 Å². The highest BCUT2D eigenvalue weighted by atomic mass is 32.2. The van der Waals surface area contributed by atoms with E-state index in [0.29, 0.717) is 37.8 Å². The van der Waals surface area contributed by atoms with Gasteiger partial charge in [-0.15, -0.1) is 0 Å². The fraction of sp³-hybridized carbons (Fsp3) is 0.800. The Morgan fingerprint density at radius 3 is 2.10 bits per heavy atom. The van der Waals surface area contributed by atoms with Crippen molar-refractivity contribution in [2.45, 2.75) is 140 Å². The van der Waals surface area contributed by atoms with Gasteiger partial charge in [-0.2, -0.15) is 0 Å². The zero-order chi connectivity index (χ0) is 36.2. The molecule has 1 saturated heterocycles. The highest BCUT2D eigenvalue weighted by molar-refractivity contribution is 7.93. The van der Waals surface area contributed by atoms with Crippen LogP contribution in [0.15, 0.2) is 12.2 Å². The van der Waals surface area contributed by atoms with Gasteiger partial charge in [0.1, 0.15) is 17.6 Å². The number of sulfone groups is 1. The van der Waals surface area contributed by atoms with Crippen LogP contribution in [0.4, 0.5) is 4.79 Å². The summed E-state index contributed by atoms with van der Waals surface area (Å²) < 4.78 is 26.1. The van der Waals surface area contributed by atoms with Crippen molar-refractivity contribution in [1.82, 2.24) is 26.2 Å². The number of nitrogens with one attached hydrogen (secondary N) is 4. The quantitative estimate of drug-likeness (QED) is 0.180. The van der Waals surface area contributed by atoms with Crippen LogP contribution in [-0.2, 0) is 29.0 Å². The van der Waals surface area contributed by atoms with Crippen molar-refractivity contribution in [2.24, 2.45) is 23.2 Å². The van der Waals surface area contributed by atoms with Crippen LogP contribution < -0.4 is 21.3 Å². The third-order valence-corrected chi connectivity index (χ3v) is 15.0. The molecule has 4 fully saturated rings. The number of nitrogens with zero attached hydrogens (tertiary/aromatic N) is 1. The molecule has 3 aliphatic carbocycles. The molecule has 5 amide bonds. The number of likely N-dealkylation sites (N-methyl/N-ethyl adjacent to an activating group) is 1. The van der Waals surface area contributed by atoms with Gasteiger partial charge < -0.3 is 26.2 Å². The van der Waals surface area contributed by atoms with E-state index in [4.69, 9.17) is 0 Å². The van der Waals surface area contributed by atoms with Crippen molar-refractivity contribution >= 4 is 39.4 Å². The molecule has 0 unspecified atom stereocenters. The fourth-order valence-corrected chi connectivity index (χ4v) is 10.4. The molecular weight excluding hydrogens is 634 g/mol. The Hall–Kier alpha value is -2.96. The summed E-state index contributed by atoms with van der Waals surface area (Å²) in [5, 5.41) is 10.4. The lowest BCUT2D eigenvalue weighted by Crippen LogP contribution is -2.64. The Bertz CT molecular complexity index is 1460. The van der Waals surface area contributed by atoms with E-state index in [-0.39, 0.29) is 29.7 Å². The Morgan fingerprint density at radius 2 is 1.60 bits per heavy atom. The molecule has 0 bridgehead atoms. The summed E-state index contributed by atoms with van der Waals surface area (Å²) in [6, 6.07) is -2.75. The third kappa shape index (κ3) is 6.52. The summed E-state index contributed by atoms with van der Waals surface area (Å²) >= 11 is 0. The number of likely N-dealkylation sites (tertiary alicyclic amines) is 1. The summed E-state index contributed by atoms with van der Waals surface area (Å²) in [7, 11) is -3.64. The first-order valence-electron chi connectivity index (χ1n) is 17.6. The minimum Gasteiger partial charge on any atom is -0.350 e. The second-order valence-electron chi connectivity index (χ2n) is 16.2. The van der Waals surface area contributed by atoms with Crippen LogP contribution in [0.5, 0.6) is 0 Å². The zero-order valence-corrected chi connectivity index (χ0v) is 31.1. The molecule has 1 heterocycles. The van der Waals surface area contributed by atoms with E-state index < -0.39 is 72.5 Å². The third-order valence-electron chi connectivity index (χ3n) is 11.9. The van der Waals surface area contributed by atoms with Gasteiger partial charge in [-0.1, -0.05) is 53.0 Å². The monoisotopic (exact) mass is 691 g/mol. The first kappa shape index (κ1) is 37.9. The lowest BCUT2D eigenvalue weighted by Gasteiger charge is -2.44. The van der Waals surface area contributed by atoms with Crippen LogP contribution in [0.25, 0.3) is 0 Å². The second kappa shape index (κ2) is 13.1. The Balaban J connectivity index is 1.56. The van der Waals surface area contributed by atoms with Gasteiger partial charge in [0.25, 0.3) is 5.91 Å². The van der Waals surface area contributed by atoms with Crippen molar-refractivity contribution in [1.29, 1.82) is 0 Å². The van der Waals surface area contributed by atoms with E-state index in [1.807, 2.05) is 20.8 Å². The van der Waals surface area contributed by atoms with E-state index in [9.17, 15) is 32.4 Å². The highest BCUT2D eigenvalue weighted by Gasteiger charge is 2.71. The largest absolute Gasteiger partial charge is 0.350 e. The first-order valence-corrected chi connectivity index (χ1v) is 19.1. The topological polar surface area (TPSA) is 171 Å². The van der Waals surface area contributed by atoms with Crippen molar-refractivity contribution in [3.8, 4) is 0 Å². The maximum atomic E-state index is 14.3. The molecule has 270 valence electrons. The van der Waals surface area contributed by atoms with Gasteiger partial charge in [-0.05, 0) is 89.5 Å². The fourth-order valence-electron chi connectivity index (χ4n) is 8.46. The lowest BCUT2D eigenvalue weighted by atomic mass is 9.79. The number of rotatable bonds is 12. The number of hydrogen-bond donors (Lipinski definition) is 4. The van der Waals surface area contributed by atoms with Crippen molar-refractivity contribution in [3.63, 3.8) is 0 Å². The number of piperidine rings is 1. The van der Waals surface area contributed by atoms with Crippen LogP contribution in [0.3, 0.4) is 0 Å². The van der Waals surface area contributed by atoms with E-state index in [1.54, 1.807) is 41.5 Å². The van der Waals surface area contributed by atoms with Crippen molar-refractivity contribution < 1.29 is 32.4 Å². The highest BCUT2D eigenvalue weighted by Crippen LogP contribution is 2.65. The van der Waals surface area contributed by atoms with Crippen LogP contribution in [0.1, 0.15) is 107 Å². The van der Waals surface area contributed by atoms with Crippen molar-refractivity contribution in [3.05, 3.63) is 12.2 Å². The summed E-state index contributed by atoms with van der Waals surface area (Å²) in [6.45, 7) is 20.5. The minimum absolute atomic E-state index is 0.0435. The number of hydrogen-bond acceptors (Lipinski definition) is 7. The van der Waals surface area contributed by atoms with Gasteiger partial charge in [-0.25, -0.2) is 13.2 Å². The molecule has 0 aromatic heterocycles. The van der Waals surface area contributed by atoms with E-state index in [1.165, 1.54) is 4.90 Å². The zero-order valence-electron chi connectivity index (χ0n) is 30.2. The molecule has 48 heavy (non-hydrogen) atoms. The molecule has 4 aliphatic rings. The Labute approximate surface area is 286 Å². The summed E-state index contributed by atoms with van der Waals surface area (Å²) in [4.78, 5) is 69.3. The standard InChI is InChI=1S/C35H57N5O7S/c1-11-22-18-35(22,27(41)29(43)36-12-2)38-28(42)26-24-23(33(24,9)10)19-40(26)30(44)25(20(3)4)37-31(45)39-34(16-14-13-15-17-34)21(5)48(46,47)32(6,7)8/h21-26H,3,11-19H2,1-2,4-10H3,(H,36,43)(H,38,42)(H2,37,39,45)/t21-,22+,23-,24-,25-,26-,35-/m0/s1. The van der Waals surface area contributed by atoms with Crippen LogP contribution >= 0.6 is 0 Å². The summed E-state index contributed by atoms with van der Waals surface area (Å²) in [5.41, 5.74) is -2.17. The lowest BCUT2D eigenvalue weighted by molar-refractivity contribution is -0.144. The number of amides is 5. The molecule has 13 heteroatoms. The van der Waals surface area contributed by atoms with Crippen LogP contribution in [0, 0.1) is 23.2 Å². The Morgan fingerprint density at radius 1 is 1.00 bits per heavy atom. The number of carbonyl (C=O) groups is 5. The summed E-state index contributed by atoms with van der Waals surface area (Å²) in [5.74, 6) is -2.70. The van der Waals surface area contributed by atoms with E-state index >= 15 is 0 Å². The van der Waals surface area contributed by atoms with Gasteiger partial charge in [0.05, 0.1) is 15.5 Å². The normalized spacial score (nSPS) is 29.8. The van der Waals surface area contributed by atoms with Gasteiger partial charge >= 0.3 is 6.03 Å². The maximum absolute atomic E-state index is 14.3. The van der Waals surface area contributed by atoms with E-state index in [0.717, 1.165) is 19.3 Å². The maximum Gasteiger partial charge on any atom is 0.316 e. The molecule has 0 aromatic carbocycles. The van der Waals surface area contributed by atoms with Gasteiger partial charge in [-0.3, -0.25) is 19.2 Å². The average Bonchev–Trinajstić information content (AvgIpc) is 3.76. The minimum atomic E-state index is -3.64. The molecule has 0 spiro atoms. The molecule has 4 rings (SSSR count). The summed E-state index contributed by atoms with van der Waals surface area (Å²) in [6.07, 6.45) is 4.40. The van der Waals surface area contributed by atoms with Crippen molar-refractivity contribution in [2.75, 3.05) is 13.1 Å². The number of fused-ring (bicyclic) bond motifs is 1. The molecule has 0 aromatic rings. The first-order chi connectivity index (χ1) is 22.1. The molecule has 4 N–H and O–H groups in total. The number of Topliss-reactive ketones (excluding diaryl/α,β-unsaturated/α-hetero) is 1. The molecule has 3 saturated carbocycles. The van der Waals surface area contributed by atoms with Crippen LogP contribution in [0.2, 0.25) is 0 Å². The number of urea groups is 1. The number of carbonyl (C=O) groups excluding carboxylic acids is 5. The predicted octanol–water partition coefficient (Wildman–Crippen LogP) is 3.01. The molecule has 0 radical (unpaired) electrons. The SMILES string of the molecule is C=C(C)[C@H](NC(=O)NC1([C@H](C)S(=O)(=O)C(C)(C)C)CCCCC1)C(=O)N1C[C@H]2[C@@H]([C@H]1C(=O)N[C@@]1(C(=O)C(=O)NCC)C[C@H]1CC)C2(C)C. The molecule has 1 aliphatic heterocycles. The molecule has 12 nitrogen and oxygen atoms in total. The molecule has 7 atom stereocenters. The van der Waals surface area contributed by atoms with Gasteiger partial charge in [0, 0.05) is 13.1 Å². The number of ketones is 1. The average molecular weight is 692 g/mol. The van der Waals surface area contributed by atoms with Crippen LogP contribution in [-0.4, -0.2) is 89.1 Å². The Kier molecular flexibility index (Phi) is 10.3. The molecular formula is C35H57N5O7S. The second-order valence-corrected chi connectivity index (χ2v) is 19.3. The van der Waals surface area contributed by atoms with E-state index in [2.05, 4.69) is 27.8 Å². The predicted molar refractivity (Wildman–Crippen MR) is 183 cm³/mol. The van der Waals surface area contributed by atoms with Gasteiger partial charge in [0.15, 0.2) is 9.84 Å². The smallest absolute Gasteiger partial charge is 0.316 e.